The molecule has 0 aromatic heterocycles. The van der Waals surface area contributed by atoms with Crippen molar-refractivity contribution in [2.75, 3.05) is 7.11 Å². The van der Waals surface area contributed by atoms with Gasteiger partial charge >= 0.3 is 11.9 Å². The van der Waals surface area contributed by atoms with Gasteiger partial charge in [0.25, 0.3) is 0 Å². The highest BCUT2D eigenvalue weighted by atomic mass is 16.6. The third-order valence-electron chi connectivity index (χ3n) is 2.15. The Morgan fingerprint density at radius 2 is 1.69 bits per heavy atom. The van der Waals surface area contributed by atoms with E-state index < -0.39 is 17.9 Å². The van der Waals surface area contributed by atoms with E-state index in [9.17, 15) is 9.59 Å². The molecule has 1 aromatic rings. The topological polar surface area (TPSA) is 52.6 Å². The monoisotopic (exact) mass is 222 g/mol. The number of methoxy groups -OCH3 is 1. The van der Waals surface area contributed by atoms with Gasteiger partial charge in [-0.15, -0.1) is 0 Å². The number of rotatable bonds is 3. The summed E-state index contributed by atoms with van der Waals surface area (Å²) < 4.78 is 9.46. The molecule has 0 saturated carbocycles. The minimum Gasteiger partial charge on any atom is -0.468 e. The maximum Gasteiger partial charge on any atom is 0.325 e. The van der Waals surface area contributed by atoms with E-state index in [1.165, 1.54) is 14.0 Å². The summed E-state index contributed by atoms with van der Waals surface area (Å²) in [6.07, 6.45) is 0. The number of hydrogen-bond acceptors (Lipinski definition) is 4. The van der Waals surface area contributed by atoms with Gasteiger partial charge in [0, 0.05) is 0 Å². The van der Waals surface area contributed by atoms with Gasteiger partial charge in [-0.05, 0) is 26.0 Å². The molecule has 0 amide bonds. The predicted octanol–water partition coefficient (Wildman–Crippen LogP) is 1.71. The van der Waals surface area contributed by atoms with E-state index in [0.29, 0.717) is 5.75 Å². The van der Waals surface area contributed by atoms with Crippen LogP contribution in [0, 0.1) is 12.8 Å². The maximum atomic E-state index is 11.5. The maximum absolute atomic E-state index is 11.5. The van der Waals surface area contributed by atoms with Crippen molar-refractivity contribution in [2.24, 2.45) is 5.92 Å². The van der Waals surface area contributed by atoms with E-state index in [0.717, 1.165) is 5.56 Å². The van der Waals surface area contributed by atoms with Crippen LogP contribution >= 0.6 is 0 Å². The number of ether oxygens (including phenoxy) is 2. The summed E-state index contributed by atoms with van der Waals surface area (Å²) in [5.41, 5.74) is 1.07. The molecule has 1 atom stereocenters. The second-order valence-electron chi connectivity index (χ2n) is 3.48. The highest BCUT2D eigenvalue weighted by molar-refractivity contribution is 5.95. The number of esters is 2. The van der Waals surface area contributed by atoms with Crippen LogP contribution in [0.3, 0.4) is 0 Å². The Balaban J connectivity index is 2.64. The van der Waals surface area contributed by atoms with Gasteiger partial charge in [0.2, 0.25) is 0 Å². The summed E-state index contributed by atoms with van der Waals surface area (Å²) in [6.45, 7) is 3.38. The van der Waals surface area contributed by atoms with Gasteiger partial charge in [-0.3, -0.25) is 9.59 Å². The van der Waals surface area contributed by atoms with Crippen molar-refractivity contribution in [3.8, 4) is 5.75 Å². The van der Waals surface area contributed by atoms with E-state index >= 15 is 0 Å². The first-order valence-electron chi connectivity index (χ1n) is 4.90. The summed E-state index contributed by atoms with van der Waals surface area (Å²) in [5.74, 6) is -1.70. The normalized spacial score (nSPS) is 11.7. The predicted molar refractivity (Wildman–Crippen MR) is 58.0 cm³/mol. The summed E-state index contributed by atoms with van der Waals surface area (Å²) >= 11 is 0. The second kappa shape index (κ2) is 5.30. The first-order chi connectivity index (χ1) is 7.54. The Morgan fingerprint density at radius 3 is 2.19 bits per heavy atom. The van der Waals surface area contributed by atoms with Crippen molar-refractivity contribution in [1.82, 2.24) is 0 Å². The minimum atomic E-state index is -0.911. The van der Waals surface area contributed by atoms with Crippen molar-refractivity contribution in [3.05, 3.63) is 29.8 Å². The third-order valence-corrected chi connectivity index (χ3v) is 2.15. The zero-order chi connectivity index (χ0) is 12.1. The Morgan fingerprint density at radius 1 is 1.12 bits per heavy atom. The Kier molecular flexibility index (Phi) is 4.05. The van der Waals surface area contributed by atoms with Crippen LogP contribution in [-0.4, -0.2) is 19.0 Å². The highest BCUT2D eigenvalue weighted by Gasteiger charge is 2.24. The Bertz CT molecular complexity index is 381. The zero-order valence-corrected chi connectivity index (χ0v) is 9.52. The lowest BCUT2D eigenvalue weighted by atomic mass is 10.2. The third kappa shape index (κ3) is 3.08. The molecule has 86 valence electrons. The van der Waals surface area contributed by atoms with Crippen LogP contribution in [0.25, 0.3) is 0 Å². The molecular formula is C12H14O4. The Hall–Kier alpha value is -1.84. The number of aryl methyl sites for hydroxylation is 1. The molecule has 0 N–H and O–H groups in total. The average molecular weight is 222 g/mol. The van der Waals surface area contributed by atoms with Crippen LogP contribution in [0.2, 0.25) is 0 Å². The summed E-state index contributed by atoms with van der Waals surface area (Å²) in [6, 6.07) is 7.01. The first kappa shape index (κ1) is 12.2. The van der Waals surface area contributed by atoms with Gasteiger partial charge in [-0.2, -0.15) is 0 Å². The molecule has 0 aliphatic carbocycles. The fourth-order valence-electron chi connectivity index (χ4n) is 1.08. The molecule has 1 aromatic carbocycles. The molecule has 0 saturated heterocycles. The molecule has 0 heterocycles. The molecule has 1 rings (SSSR count). The van der Waals surface area contributed by atoms with Gasteiger partial charge in [-0.1, -0.05) is 17.7 Å². The standard InChI is InChI=1S/C12H14O4/c1-8-4-6-10(7-5-8)16-12(14)9(2)11(13)15-3/h4-7,9H,1-3H3. The Labute approximate surface area is 94.2 Å². The van der Waals surface area contributed by atoms with Crippen LogP contribution in [0.1, 0.15) is 12.5 Å². The van der Waals surface area contributed by atoms with E-state index in [4.69, 9.17) is 4.74 Å². The molecule has 16 heavy (non-hydrogen) atoms. The van der Waals surface area contributed by atoms with Gasteiger partial charge in [0.15, 0.2) is 5.92 Å². The SMILES string of the molecule is COC(=O)C(C)C(=O)Oc1ccc(C)cc1. The van der Waals surface area contributed by atoms with Crippen molar-refractivity contribution in [3.63, 3.8) is 0 Å². The molecule has 0 radical (unpaired) electrons. The minimum absolute atomic E-state index is 0.423. The molecule has 0 aliphatic rings. The molecule has 4 heteroatoms. The van der Waals surface area contributed by atoms with Crippen LogP contribution < -0.4 is 4.74 Å². The fourth-order valence-corrected chi connectivity index (χ4v) is 1.08. The van der Waals surface area contributed by atoms with E-state index in [1.54, 1.807) is 12.1 Å². The van der Waals surface area contributed by atoms with Gasteiger partial charge in [-0.25, -0.2) is 0 Å². The first-order valence-corrected chi connectivity index (χ1v) is 4.90. The van der Waals surface area contributed by atoms with Crippen molar-refractivity contribution in [1.29, 1.82) is 0 Å². The largest absolute Gasteiger partial charge is 0.468 e. The lowest BCUT2D eigenvalue weighted by Crippen LogP contribution is -2.26. The van der Waals surface area contributed by atoms with Gasteiger partial charge in [0.1, 0.15) is 5.75 Å². The summed E-state index contributed by atoms with van der Waals surface area (Å²) in [5, 5.41) is 0. The van der Waals surface area contributed by atoms with Gasteiger partial charge in [0.05, 0.1) is 7.11 Å². The molecule has 0 fully saturated rings. The zero-order valence-electron chi connectivity index (χ0n) is 9.52. The molecule has 0 bridgehead atoms. The number of hydrogen-bond donors (Lipinski definition) is 0. The van der Waals surface area contributed by atoms with Crippen LogP contribution in [0.4, 0.5) is 0 Å². The lowest BCUT2D eigenvalue weighted by Gasteiger charge is -2.09. The van der Waals surface area contributed by atoms with Crippen molar-refractivity contribution in [2.45, 2.75) is 13.8 Å². The summed E-state index contributed by atoms with van der Waals surface area (Å²) in [4.78, 5) is 22.5. The lowest BCUT2D eigenvalue weighted by molar-refractivity contribution is -0.154. The van der Waals surface area contributed by atoms with Crippen molar-refractivity contribution < 1.29 is 19.1 Å². The fraction of sp³-hybridized carbons (Fsp3) is 0.333. The second-order valence-corrected chi connectivity index (χ2v) is 3.48. The van der Waals surface area contributed by atoms with E-state index in [-0.39, 0.29) is 0 Å². The van der Waals surface area contributed by atoms with Crippen molar-refractivity contribution >= 4 is 11.9 Å². The van der Waals surface area contributed by atoms with Gasteiger partial charge < -0.3 is 9.47 Å². The van der Waals surface area contributed by atoms with E-state index in [2.05, 4.69) is 4.74 Å². The van der Waals surface area contributed by atoms with Crippen LogP contribution in [0.15, 0.2) is 24.3 Å². The molecule has 1 unspecified atom stereocenters. The average Bonchev–Trinajstić information content (AvgIpc) is 2.30. The molecule has 0 aliphatic heterocycles. The number of benzene rings is 1. The number of carbonyl (C=O) groups is 2. The smallest absolute Gasteiger partial charge is 0.325 e. The summed E-state index contributed by atoms with van der Waals surface area (Å²) in [7, 11) is 1.23. The molecular weight excluding hydrogens is 208 g/mol. The van der Waals surface area contributed by atoms with Crippen LogP contribution in [0.5, 0.6) is 5.75 Å². The van der Waals surface area contributed by atoms with Crippen LogP contribution in [-0.2, 0) is 14.3 Å². The highest BCUT2D eigenvalue weighted by Crippen LogP contribution is 2.13. The molecule has 0 spiro atoms. The number of carbonyl (C=O) groups excluding carboxylic acids is 2. The quantitative estimate of drug-likeness (QED) is 0.444. The van der Waals surface area contributed by atoms with E-state index in [1.807, 2.05) is 19.1 Å². The molecule has 4 nitrogen and oxygen atoms in total.